The number of benzene rings is 1. The van der Waals surface area contributed by atoms with Gasteiger partial charge in [-0.1, -0.05) is 19.9 Å². The normalized spacial score (nSPS) is 12.3. The molecule has 2 atom stereocenters. The topological polar surface area (TPSA) is 150 Å². The van der Waals surface area contributed by atoms with Gasteiger partial charge in [-0.3, -0.25) is 9.59 Å². The Morgan fingerprint density at radius 3 is 2.09 bits per heavy atom. The molecule has 11 nitrogen and oxygen atoms in total. The Balaban J connectivity index is 2.75. The van der Waals surface area contributed by atoms with Gasteiger partial charge in [-0.05, 0) is 37.0 Å². The van der Waals surface area contributed by atoms with Crippen molar-refractivity contribution in [3.8, 4) is 11.5 Å². The summed E-state index contributed by atoms with van der Waals surface area (Å²) < 4.78 is 29.0. The van der Waals surface area contributed by atoms with Gasteiger partial charge in [0, 0.05) is 6.42 Å². The van der Waals surface area contributed by atoms with Gasteiger partial charge < -0.3 is 34.2 Å². The Kier molecular flexibility index (Phi) is 11.0. The average Bonchev–Trinajstić information content (AvgIpc) is 2.73. The second kappa shape index (κ2) is 13.2. The number of methoxy groups -OCH3 is 2. The van der Waals surface area contributed by atoms with Gasteiger partial charge in [0.1, 0.15) is 18.8 Å². The van der Waals surface area contributed by atoms with E-state index in [2.05, 4.69) is 9.47 Å². The molecule has 2 N–H and O–H groups in total. The molecule has 0 aliphatic rings. The molecule has 0 bridgehead atoms. The van der Waals surface area contributed by atoms with Crippen LogP contribution in [-0.2, 0) is 35.0 Å². The summed E-state index contributed by atoms with van der Waals surface area (Å²) in [7, 11) is 2.23. The molecule has 0 fully saturated rings. The molecular weight excluding hydrogens is 426 g/mol. The molecule has 1 rings (SSSR count). The zero-order valence-electron chi connectivity index (χ0n) is 18.7. The van der Waals surface area contributed by atoms with Crippen molar-refractivity contribution in [2.24, 2.45) is 11.7 Å². The van der Waals surface area contributed by atoms with Crippen LogP contribution < -0.4 is 15.2 Å². The maximum absolute atomic E-state index is 12.3. The largest absolute Gasteiger partial charge is 0.513 e. The number of nitrogens with two attached hydrogens (primary N) is 1. The first-order chi connectivity index (χ1) is 15.0. The molecular formula is C21H29NO10. The first-order valence-electron chi connectivity index (χ1n) is 9.81. The van der Waals surface area contributed by atoms with Gasteiger partial charge in [0.15, 0.2) is 11.5 Å². The number of esters is 2. The van der Waals surface area contributed by atoms with Crippen LogP contribution in [0.5, 0.6) is 11.5 Å². The Morgan fingerprint density at radius 2 is 1.53 bits per heavy atom. The summed E-state index contributed by atoms with van der Waals surface area (Å²) in [5.41, 5.74) is 6.40. The third-order valence-corrected chi connectivity index (χ3v) is 3.86. The molecule has 178 valence electrons. The summed E-state index contributed by atoms with van der Waals surface area (Å²) in [4.78, 5) is 46.7. The van der Waals surface area contributed by atoms with E-state index < -0.39 is 30.4 Å². The van der Waals surface area contributed by atoms with Crippen LogP contribution in [0.15, 0.2) is 18.2 Å². The smallest absolute Gasteiger partial charge is 0.462 e. The minimum atomic E-state index is -1.05. The quantitative estimate of drug-likeness (QED) is 0.315. The van der Waals surface area contributed by atoms with Crippen LogP contribution in [-0.4, -0.2) is 57.2 Å². The summed E-state index contributed by atoms with van der Waals surface area (Å²) in [6, 6.07) is 3.17. The summed E-state index contributed by atoms with van der Waals surface area (Å²) >= 11 is 0. The molecule has 0 aromatic heterocycles. The van der Waals surface area contributed by atoms with Crippen molar-refractivity contribution < 1.29 is 47.6 Å². The maximum atomic E-state index is 12.3. The number of hydrogen-bond donors (Lipinski definition) is 1. The summed E-state index contributed by atoms with van der Waals surface area (Å²) in [5, 5.41) is 0. The van der Waals surface area contributed by atoms with Gasteiger partial charge in [0.2, 0.25) is 0 Å². The number of carbonyl (C=O) groups excluding carboxylic acids is 4. The molecule has 0 saturated carbocycles. The van der Waals surface area contributed by atoms with Crippen LogP contribution in [0.2, 0.25) is 0 Å². The Morgan fingerprint density at radius 1 is 0.938 bits per heavy atom. The fourth-order valence-corrected chi connectivity index (χ4v) is 2.37. The number of hydrogen-bond acceptors (Lipinski definition) is 11. The lowest BCUT2D eigenvalue weighted by Gasteiger charge is -2.18. The molecule has 0 radical (unpaired) electrons. The number of carbonyl (C=O) groups is 4. The molecule has 0 amide bonds. The van der Waals surface area contributed by atoms with Crippen molar-refractivity contribution >= 4 is 24.2 Å². The van der Waals surface area contributed by atoms with E-state index in [-0.39, 0.29) is 42.8 Å². The van der Waals surface area contributed by atoms with Crippen LogP contribution in [0.25, 0.3) is 0 Å². The SMILES string of the molecule is COC(=O)Oc1ccc(C[C@H](N)C(=O)O[C@@H](C)COC(=O)CC(C)C)cc1OC(=O)OC. The lowest BCUT2D eigenvalue weighted by Crippen LogP contribution is -2.37. The zero-order chi connectivity index (χ0) is 24.3. The highest BCUT2D eigenvalue weighted by molar-refractivity contribution is 5.76. The Bertz CT molecular complexity index is 808. The third-order valence-electron chi connectivity index (χ3n) is 3.86. The summed E-state index contributed by atoms with van der Waals surface area (Å²) in [5.74, 6) is -1.15. The van der Waals surface area contributed by atoms with Crippen LogP contribution >= 0.6 is 0 Å². The van der Waals surface area contributed by atoms with Crippen molar-refractivity contribution in [2.75, 3.05) is 20.8 Å². The molecule has 11 heteroatoms. The van der Waals surface area contributed by atoms with Crippen LogP contribution in [0, 0.1) is 5.92 Å². The van der Waals surface area contributed by atoms with E-state index in [0.29, 0.717) is 5.56 Å². The maximum Gasteiger partial charge on any atom is 0.513 e. The van der Waals surface area contributed by atoms with E-state index in [1.54, 1.807) is 6.92 Å². The van der Waals surface area contributed by atoms with E-state index in [9.17, 15) is 19.2 Å². The number of rotatable bonds is 10. The molecule has 1 aromatic carbocycles. The van der Waals surface area contributed by atoms with Crippen molar-refractivity contribution in [2.45, 2.75) is 45.8 Å². The lowest BCUT2D eigenvalue weighted by molar-refractivity contribution is -0.159. The molecule has 0 unspecified atom stereocenters. The van der Waals surface area contributed by atoms with E-state index in [1.165, 1.54) is 18.2 Å². The third kappa shape index (κ3) is 9.65. The second-order valence-electron chi connectivity index (χ2n) is 7.23. The van der Waals surface area contributed by atoms with E-state index in [0.717, 1.165) is 14.2 Å². The van der Waals surface area contributed by atoms with Gasteiger partial charge in [0.25, 0.3) is 0 Å². The monoisotopic (exact) mass is 455 g/mol. The Hall–Kier alpha value is -3.34. The first-order valence-corrected chi connectivity index (χ1v) is 9.81. The fraction of sp³-hybridized carbons (Fsp3) is 0.524. The van der Waals surface area contributed by atoms with Crippen molar-refractivity contribution in [3.63, 3.8) is 0 Å². The highest BCUT2D eigenvalue weighted by atomic mass is 16.7. The van der Waals surface area contributed by atoms with Crippen LogP contribution in [0.4, 0.5) is 9.59 Å². The summed E-state index contributed by atoms with van der Waals surface area (Å²) in [6.45, 7) is 5.27. The fourth-order valence-electron chi connectivity index (χ4n) is 2.37. The van der Waals surface area contributed by atoms with E-state index in [4.69, 9.17) is 24.7 Å². The minimum absolute atomic E-state index is 0.0225. The Labute approximate surface area is 186 Å². The average molecular weight is 455 g/mol. The van der Waals surface area contributed by atoms with Gasteiger partial charge in [-0.25, -0.2) is 9.59 Å². The zero-order valence-corrected chi connectivity index (χ0v) is 18.7. The molecule has 0 aliphatic heterocycles. The number of ether oxygens (including phenoxy) is 6. The van der Waals surface area contributed by atoms with Gasteiger partial charge in [0.05, 0.1) is 14.2 Å². The molecule has 32 heavy (non-hydrogen) atoms. The highest BCUT2D eigenvalue weighted by Gasteiger charge is 2.21. The van der Waals surface area contributed by atoms with Crippen molar-refractivity contribution in [3.05, 3.63) is 23.8 Å². The van der Waals surface area contributed by atoms with Gasteiger partial charge in [-0.2, -0.15) is 0 Å². The van der Waals surface area contributed by atoms with Crippen molar-refractivity contribution in [1.29, 1.82) is 0 Å². The van der Waals surface area contributed by atoms with Crippen LogP contribution in [0.1, 0.15) is 32.8 Å². The highest BCUT2D eigenvalue weighted by Crippen LogP contribution is 2.29. The van der Waals surface area contributed by atoms with Crippen molar-refractivity contribution in [1.82, 2.24) is 0 Å². The molecule has 0 saturated heterocycles. The lowest BCUT2D eigenvalue weighted by atomic mass is 10.1. The van der Waals surface area contributed by atoms with Gasteiger partial charge >= 0.3 is 24.2 Å². The predicted octanol–water partition coefficient (Wildman–Crippen LogP) is 2.37. The molecule has 0 spiro atoms. The van der Waals surface area contributed by atoms with E-state index >= 15 is 0 Å². The van der Waals surface area contributed by atoms with Gasteiger partial charge in [-0.15, -0.1) is 0 Å². The second-order valence-corrected chi connectivity index (χ2v) is 7.23. The predicted molar refractivity (Wildman–Crippen MR) is 110 cm³/mol. The molecule has 1 aromatic rings. The van der Waals surface area contributed by atoms with Crippen LogP contribution in [0.3, 0.4) is 0 Å². The first kappa shape index (κ1) is 26.7. The standard InChI is InChI=1S/C21H29NO10/c1-12(2)8-18(23)29-11-13(3)30-19(24)15(22)9-14-6-7-16(31-20(25)27-4)17(10-14)32-21(26)28-5/h6-7,10,12-13,15H,8-9,11,22H2,1-5H3/t13-,15-/m0/s1. The molecule has 0 aliphatic carbocycles. The molecule has 0 heterocycles. The van der Waals surface area contributed by atoms with E-state index in [1.807, 2.05) is 13.8 Å². The summed E-state index contributed by atoms with van der Waals surface area (Å²) in [6.07, 6.45) is -2.45. The minimum Gasteiger partial charge on any atom is -0.462 e.